The lowest BCUT2D eigenvalue weighted by Crippen LogP contribution is -2.16. The van der Waals surface area contributed by atoms with Gasteiger partial charge in [-0.15, -0.1) is 11.3 Å². The van der Waals surface area contributed by atoms with Crippen molar-refractivity contribution >= 4 is 28.9 Å². The molecule has 0 amide bonds. The summed E-state index contributed by atoms with van der Waals surface area (Å²) in [4.78, 5) is 37.2. The normalized spacial score (nSPS) is 10.7. The number of hydrogen-bond donors (Lipinski definition) is 0. The van der Waals surface area contributed by atoms with Gasteiger partial charge in [0, 0.05) is 29.9 Å². The second-order valence-electron chi connectivity index (χ2n) is 7.52. The Balaban J connectivity index is 1.51. The number of carbonyl (C=O) groups excluding carboxylic acids is 3. The van der Waals surface area contributed by atoms with Crippen LogP contribution in [-0.4, -0.2) is 35.8 Å². The Hall–Kier alpha value is -3.19. The lowest BCUT2D eigenvalue weighted by atomic mass is 10.1. The largest absolute Gasteiger partial charge is 0.497 e. The van der Waals surface area contributed by atoms with Gasteiger partial charge in [-0.1, -0.05) is 18.2 Å². The first kappa shape index (κ1) is 23.5. The SMILES string of the molecule is COc1ccc(CCn2c(C)cc(C(=O)COC(=O)CCC(=O)c3cccs3)c2C)cc1. The molecule has 7 heteroatoms. The van der Waals surface area contributed by atoms with E-state index in [-0.39, 0.29) is 31.0 Å². The second kappa shape index (κ2) is 10.9. The number of esters is 1. The molecule has 0 atom stereocenters. The van der Waals surface area contributed by atoms with E-state index in [1.165, 1.54) is 16.9 Å². The third-order valence-electron chi connectivity index (χ3n) is 5.37. The molecule has 3 aromatic rings. The Labute approximate surface area is 191 Å². The number of benzene rings is 1. The van der Waals surface area contributed by atoms with E-state index in [1.54, 1.807) is 19.2 Å². The van der Waals surface area contributed by atoms with Crippen molar-refractivity contribution in [2.24, 2.45) is 0 Å². The Morgan fingerprint density at radius 3 is 2.41 bits per heavy atom. The first-order chi connectivity index (χ1) is 15.4. The average molecular weight is 454 g/mol. The van der Waals surface area contributed by atoms with Crippen LogP contribution in [0.2, 0.25) is 0 Å². The highest BCUT2D eigenvalue weighted by atomic mass is 32.1. The number of aryl methyl sites for hydroxylation is 2. The van der Waals surface area contributed by atoms with E-state index in [4.69, 9.17) is 9.47 Å². The zero-order valence-electron chi connectivity index (χ0n) is 18.6. The topological polar surface area (TPSA) is 74.6 Å². The predicted molar refractivity (Wildman–Crippen MR) is 124 cm³/mol. The van der Waals surface area contributed by atoms with Crippen LogP contribution in [0.3, 0.4) is 0 Å². The third-order valence-corrected chi connectivity index (χ3v) is 6.28. The van der Waals surface area contributed by atoms with Gasteiger partial charge in [-0.05, 0) is 55.5 Å². The van der Waals surface area contributed by atoms with Crippen molar-refractivity contribution in [1.29, 1.82) is 0 Å². The van der Waals surface area contributed by atoms with Crippen molar-refractivity contribution in [3.8, 4) is 5.75 Å². The van der Waals surface area contributed by atoms with E-state index in [0.29, 0.717) is 10.4 Å². The molecule has 6 nitrogen and oxygen atoms in total. The summed E-state index contributed by atoms with van der Waals surface area (Å²) in [6.45, 7) is 4.27. The highest BCUT2D eigenvalue weighted by Crippen LogP contribution is 2.18. The molecule has 0 saturated carbocycles. The van der Waals surface area contributed by atoms with Gasteiger partial charge in [0.15, 0.2) is 12.4 Å². The molecule has 32 heavy (non-hydrogen) atoms. The number of thiophene rings is 1. The van der Waals surface area contributed by atoms with Gasteiger partial charge in [-0.2, -0.15) is 0 Å². The lowest BCUT2D eigenvalue weighted by Gasteiger charge is -2.10. The minimum atomic E-state index is -0.545. The Morgan fingerprint density at radius 2 is 1.75 bits per heavy atom. The Kier molecular flexibility index (Phi) is 8.00. The highest BCUT2D eigenvalue weighted by Gasteiger charge is 2.18. The van der Waals surface area contributed by atoms with Crippen molar-refractivity contribution < 1.29 is 23.9 Å². The molecule has 1 aromatic carbocycles. The summed E-state index contributed by atoms with van der Waals surface area (Å²) in [5, 5.41) is 1.82. The van der Waals surface area contributed by atoms with Crippen molar-refractivity contribution in [3.05, 3.63) is 75.2 Å². The standard InChI is InChI=1S/C25H27NO5S/c1-17-15-21(18(2)26(17)13-12-19-6-8-20(30-3)9-7-19)23(28)16-31-25(29)11-10-22(27)24-5-4-14-32-24/h4-9,14-15H,10-13,16H2,1-3H3. The van der Waals surface area contributed by atoms with Crippen LogP contribution in [-0.2, 0) is 22.5 Å². The van der Waals surface area contributed by atoms with E-state index in [0.717, 1.165) is 30.1 Å². The van der Waals surface area contributed by atoms with Gasteiger partial charge < -0.3 is 14.0 Å². The maximum absolute atomic E-state index is 12.6. The van der Waals surface area contributed by atoms with Gasteiger partial charge in [0.1, 0.15) is 5.75 Å². The molecule has 2 aromatic heterocycles. The molecular weight excluding hydrogens is 426 g/mol. The van der Waals surface area contributed by atoms with Crippen LogP contribution in [0.15, 0.2) is 47.8 Å². The summed E-state index contributed by atoms with van der Waals surface area (Å²) in [5.41, 5.74) is 3.56. The fourth-order valence-electron chi connectivity index (χ4n) is 3.53. The quantitative estimate of drug-likeness (QED) is 0.308. The molecule has 3 rings (SSSR count). The summed E-state index contributed by atoms with van der Waals surface area (Å²) in [7, 11) is 1.64. The number of methoxy groups -OCH3 is 1. The predicted octanol–water partition coefficient (Wildman–Crippen LogP) is 4.81. The van der Waals surface area contributed by atoms with Gasteiger partial charge in [-0.25, -0.2) is 0 Å². The number of nitrogens with zero attached hydrogens (tertiary/aromatic N) is 1. The summed E-state index contributed by atoms with van der Waals surface area (Å²) < 4.78 is 12.4. The molecule has 0 spiro atoms. The van der Waals surface area contributed by atoms with Gasteiger partial charge in [0.2, 0.25) is 5.78 Å². The monoisotopic (exact) mass is 453 g/mol. The van der Waals surface area contributed by atoms with E-state index >= 15 is 0 Å². The summed E-state index contributed by atoms with van der Waals surface area (Å²) in [6, 6.07) is 13.3. The number of ether oxygens (including phenoxy) is 2. The minimum absolute atomic E-state index is 0.0368. The average Bonchev–Trinajstić information content (AvgIpc) is 3.43. The minimum Gasteiger partial charge on any atom is -0.497 e. The van der Waals surface area contributed by atoms with E-state index < -0.39 is 5.97 Å². The molecule has 0 aliphatic heterocycles. The van der Waals surface area contributed by atoms with Crippen molar-refractivity contribution in [1.82, 2.24) is 4.57 Å². The van der Waals surface area contributed by atoms with E-state index in [9.17, 15) is 14.4 Å². The number of Topliss-reactive ketones (excluding diaryl/α,β-unsaturated/α-hetero) is 2. The first-order valence-electron chi connectivity index (χ1n) is 10.4. The van der Waals surface area contributed by atoms with Crippen molar-refractivity contribution in [3.63, 3.8) is 0 Å². The molecule has 0 fully saturated rings. The molecule has 0 bridgehead atoms. The van der Waals surface area contributed by atoms with Crippen LogP contribution in [0.4, 0.5) is 0 Å². The van der Waals surface area contributed by atoms with Crippen LogP contribution in [0.5, 0.6) is 5.75 Å². The zero-order chi connectivity index (χ0) is 23.1. The van der Waals surface area contributed by atoms with Gasteiger partial charge in [-0.3, -0.25) is 14.4 Å². The second-order valence-corrected chi connectivity index (χ2v) is 8.47. The van der Waals surface area contributed by atoms with Crippen molar-refractivity contribution in [2.75, 3.05) is 13.7 Å². The first-order valence-corrected chi connectivity index (χ1v) is 11.3. The number of carbonyl (C=O) groups is 3. The Bertz CT molecular complexity index is 1080. The molecular formula is C25H27NO5S. The molecule has 0 N–H and O–H groups in total. The van der Waals surface area contributed by atoms with E-state index in [1.807, 2.05) is 49.6 Å². The third kappa shape index (κ3) is 5.95. The fourth-order valence-corrected chi connectivity index (χ4v) is 4.23. The van der Waals surface area contributed by atoms with Gasteiger partial charge in [0.05, 0.1) is 18.4 Å². The zero-order valence-corrected chi connectivity index (χ0v) is 19.4. The highest BCUT2D eigenvalue weighted by molar-refractivity contribution is 7.12. The van der Waals surface area contributed by atoms with Crippen LogP contribution < -0.4 is 4.74 Å². The van der Waals surface area contributed by atoms with Gasteiger partial charge in [0.25, 0.3) is 0 Å². The van der Waals surface area contributed by atoms with E-state index in [2.05, 4.69) is 4.57 Å². The van der Waals surface area contributed by atoms with Crippen LogP contribution in [0.25, 0.3) is 0 Å². The molecule has 0 aliphatic rings. The molecule has 0 saturated heterocycles. The van der Waals surface area contributed by atoms with Crippen LogP contribution >= 0.6 is 11.3 Å². The molecule has 2 heterocycles. The van der Waals surface area contributed by atoms with Crippen molar-refractivity contribution in [2.45, 2.75) is 39.7 Å². The molecule has 168 valence electrons. The lowest BCUT2D eigenvalue weighted by molar-refractivity contribution is -0.142. The number of rotatable bonds is 11. The number of hydrogen-bond acceptors (Lipinski definition) is 6. The smallest absolute Gasteiger partial charge is 0.306 e. The Morgan fingerprint density at radius 1 is 1.00 bits per heavy atom. The molecule has 0 radical (unpaired) electrons. The molecule has 0 aliphatic carbocycles. The number of ketones is 2. The number of aromatic nitrogens is 1. The van der Waals surface area contributed by atoms with Crippen LogP contribution in [0.1, 0.15) is 49.8 Å². The van der Waals surface area contributed by atoms with Crippen LogP contribution in [0, 0.1) is 13.8 Å². The summed E-state index contributed by atoms with van der Waals surface area (Å²) in [6.07, 6.45) is 0.861. The summed E-state index contributed by atoms with van der Waals surface area (Å²) >= 11 is 1.34. The maximum atomic E-state index is 12.6. The fraction of sp³-hybridized carbons (Fsp3) is 0.320. The molecule has 0 unspecified atom stereocenters. The maximum Gasteiger partial charge on any atom is 0.306 e. The summed E-state index contributed by atoms with van der Waals surface area (Å²) in [5.74, 6) is -0.0626. The van der Waals surface area contributed by atoms with Gasteiger partial charge >= 0.3 is 5.97 Å².